The molecule has 0 bridgehead atoms. The Balaban J connectivity index is 1.79. The fourth-order valence-electron chi connectivity index (χ4n) is 3.14. The lowest BCUT2D eigenvalue weighted by Gasteiger charge is -2.27. The Kier molecular flexibility index (Phi) is 5.32. The second kappa shape index (κ2) is 6.83. The Morgan fingerprint density at radius 2 is 1.81 bits per heavy atom. The van der Waals surface area contributed by atoms with Crippen molar-refractivity contribution in [1.82, 2.24) is 5.32 Å². The fourth-order valence-corrected chi connectivity index (χ4v) is 3.14. The van der Waals surface area contributed by atoms with E-state index >= 15 is 0 Å². The van der Waals surface area contributed by atoms with Gasteiger partial charge in [-0.05, 0) is 42.4 Å². The molecule has 1 saturated carbocycles. The average Bonchev–Trinajstić information content (AvgIpc) is 3.20. The minimum Gasteiger partial charge on any atom is -0.399 e. The van der Waals surface area contributed by atoms with Gasteiger partial charge in [0.05, 0.1) is 0 Å². The smallest absolute Gasteiger partial charge is 0.0314 e. The fraction of sp³-hybridized carbons (Fsp3) is 0.684. The van der Waals surface area contributed by atoms with E-state index in [1.54, 1.807) is 0 Å². The first-order chi connectivity index (χ1) is 9.97. The Hall–Kier alpha value is -1.02. The molecule has 2 rings (SSSR count). The predicted octanol–water partition coefficient (Wildman–Crippen LogP) is 4.50. The van der Waals surface area contributed by atoms with Crippen molar-refractivity contribution in [2.24, 2.45) is 5.41 Å². The third kappa shape index (κ3) is 4.74. The topological polar surface area (TPSA) is 38.0 Å². The van der Waals surface area contributed by atoms with Gasteiger partial charge < -0.3 is 11.1 Å². The monoisotopic (exact) mass is 288 g/mol. The third-order valence-electron chi connectivity index (χ3n) is 4.90. The highest BCUT2D eigenvalue weighted by atomic mass is 14.9. The first kappa shape index (κ1) is 16.4. The molecule has 0 amide bonds. The number of nitrogen functional groups attached to an aromatic ring is 1. The summed E-state index contributed by atoms with van der Waals surface area (Å²) in [5, 5.41) is 3.74. The zero-order chi connectivity index (χ0) is 15.3. The van der Waals surface area contributed by atoms with Gasteiger partial charge in [-0.2, -0.15) is 0 Å². The molecular weight excluding hydrogens is 256 g/mol. The molecule has 1 aromatic rings. The van der Waals surface area contributed by atoms with Crippen molar-refractivity contribution in [3.63, 3.8) is 0 Å². The summed E-state index contributed by atoms with van der Waals surface area (Å²) in [7, 11) is 0. The average molecular weight is 288 g/mol. The van der Waals surface area contributed by atoms with Crippen LogP contribution < -0.4 is 11.1 Å². The molecule has 0 heterocycles. The zero-order valence-electron chi connectivity index (χ0n) is 14.0. The molecule has 0 saturated heterocycles. The highest BCUT2D eigenvalue weighted by Gasteiger charge is 2.43. The summed E-state index contributed by atoms with van der Waals surface area (Å²) in [4.78, 5) is 0. The van der Waals surface area contributed by atoms with E-state index in [1.807, 2.05) is 12.1 Å². The van der Waals surface area contributed by atoms with Crippen LogP contribution in [-0.4, -0.2) is 13.1 Å². The number of hydrogen-bond donors (Lipinski definition) is 2. The number of anilines is 1. The summed E-state index contributed by atoms with van der Waals surface area (Å²) in [5.74, 6) is 0. The van der Waals surface area contributed by atoms with E-state index < -0.39 is 0 Å². The molecule has 3 N–H and O–H groups in total. The maximum Gasteiger partial charge on any atom is 0.0314 e. The molecule has 2 heteroatoms. The van der Waals surface area contributed by atoms with Gasteiger partial charge in [-0.15, -0.1) is 0 Å². The number of unbranched alkanes of at least 4 members (excludes halogenated alkanes) is 2. The van der Waals surface area contributed by atoms with Gasteiger partial charge in [0.1, 0.15) is 0 Å². The molecule has 0 atom stereocenters. The summed E-state index contributed by atoms with van der Waals surface area (Å²) in [6.45, 7) is 9.27. The number of hydrogen-bond acceptors (Lipinski definition) is 2. The van der Waals surface area contributed by atoms with E-state index in [0.29, 0.717) is 10.8 Å². The van der Waals surface area contributed by atoms with Crippen molar-refractivity contribution in [1.29, 1.82) is 0 Å². The SMILES string of the molecule is CCCCCC(C)(C)CNCC1(c2ccc(N)cc2)CC1. The van der Waals surface area contributed by atoms with Crippen LogP contribution >= 0.6 is 0 Å². The molecule has 118 valence electrons. The van der Waals surface area contributed by atoms with Gasteiger partial charge in [0.15, 0.2) is 0 Å². The minimum absolute atomic E-state index is 0.382. The Bertz CT molecular complexity index is 429. The molecule has 0 spiro atoms. The summed E-state index contributed by atoms with van der Waals surface area (Å²) >= 11 is 0. The normalized spacial score (nSPS) is 16.9. The standard InChI is InChI=1S/C19H32N2/c1-4-5-6-11-18(2,3)14-21-15-19(12-13-19)16-7-9-17(20)10-8-16/h7-10,21H,4-6,11-15,20H2,1-3H3. The van der Waals surface area contributed by atoms with Gasteiger partial charge in [0.2, 0.25) is 0 Å². The summed E-state index contributed by atoms with van der Waals surface area (Å²) in [6, 6.07) is 8.47. The van der Waals surface area contributed by atoms with Crippen LogP contribution in [0.15, 0.2) is 24.3 Å². The van der Waals surface area contributed by atoms with E-state index in [2.05, 4.69) is 38.2 Å². The second-order valence-corrected chi connectivity index (χ2v) is 7.63. The summed E-state index contributed by atoms with van der Waals surface area (Å²) < 4.78 is 0. The van der Waals surface area contributed by atoms with Crippen LogP contribution in [-0.2, 0) is 5.41 Å². The van der Waals surface area contributed by atoms with E-state index in [-0.39, 0.29) is 0 Å². The Labute approximate surface area is 130 Å². The van der Waals surface area contributed by atoms with Crippen molar-refractivity contribution in [3.05, 3.63) is 29.8 Å². The molecule has 1 aliphatic rings. The van der Waals surface area contributed by atoms with Gasteiger partial charge in [0, 0.05) is 24.2 Å². The molecule has 1 aromatic carbocycles. The number of nitrogens with one attached hydrogen (secondary N) is 1. The Morgan fingerprint density at radius 3 is 2.38 bits per heavy atom. The number of rotatable bonds is 9. The zero-order valence-corrected chi connectivity index (χ0v) is 14.0. The van der Waals surface area contributed by atoms with Crippen LogP contribution in [0.2, 0.25) is 0 Å². The van der Waals surface area contributed by atoms with Crippen LogP contribution in [0.4, 0.5) is 5.69 Å². The van der Waals surface area contributed by atoms with Gasteiger partial charge in [-0.1, -0.05) is 52.2 Å². The summed E-state index contributed by atoms with van der Waals surface area (Å²) in [5.41, 5.74) is 8.89. The molecule has 0 unspecified atom stereocenters. The van der Waals surface area contributed by atoms with Crippen LogP contribution in [0.1, 0.15) is 64.9 Å². The first-order valence-electron chi connectivity index (χ1n) is 8.54. The van der Waals surface area contributed by atoms with Gasteiger partial charge in [0.25, 0.3) is 0 Å². The van der Waals surface area contributed by atoms with Crippen LogP contribution in [0, 0.1) is 5.41 Å². The lowest BCUT2D eigenvalue weighted by molar-refractivity contribution is 0.298. The van der Waals surface area contributed by atoms with Crippen molar-refractivity contribution in [3.8, 4) is 0 Å². The Morgan fingerprint density at radius 1 is 1.14 bits per heavy atom. The highest BCUT2D eigenvalue weighted by Crippen LogP contribution is 2.47. The quantitative estimate of drug-likeness (QED) is 0.519. The molecule has 2 nitrogen and oxygen atoms in total. The van der Waals surface area contributed by atoms with E-state index in [9.17, 15) is 0 Å². The van der Waals surface area contributed by atoms with Crippen molar-refractivity contribution in [2.45, 2.75) is 64.7 Å². The maximum absolute atomic E-state index is 5.79. The second-order valence-electron chi connectivity index (χ2n) is 7.63. The third-order valence-corrected chi connectivity index (χ3v) is 4.90. The number of benzene rings is 1. The lowest BCUT2D eigenvalue weighted by Crippen LogP contribution is -2.35. The molecule has 0 aromatic heterocycles. The van der Waals surface area contributed by atoms with Crippen molar-refractivity contribution < 1.29 is 0 Å². The molecule has 0 radical (unpaired) electrons. The van der Waals surface area contributed by atoms with Gasteiger partial charge >= 0.3 is 0 Å². The molecule has 1 fully saturated rings. The van der Waals surface area contributed by atoms with Crippen LogP contribution in [0.25, 0.3) is 0 Å². The molecule has 1 aliphatic carbocycles. The largest absolute Gasteiger partial charge is 0.399 e. The van der Waals surface area contributed by atoms with Gasteiger partial charge in [-0.3, -0.25) is 0 Å². The van der Waals surface area contributed by atoms with E-state index in [4.69, 9.17) is 5.73 Å². The first-order valence-corrected chi connectivity index (χ1v) is 8.54. The van der Waals surface area contributed by atoms with Crippen LogP contribution in [0.3, 0.4) is 0 Å². The molecule has 0 aliphatic heterocycles. The maximum atomic E-state index is 5.79. The van der Waals surface area contributed by atoms with E-state index in [0.717, 1.165) is 18.8 Å². The minimum atomic E-state index is 0.382. The predicted molar refractivity (Wildman–Crippen MR) is 92.6 cm³/mol. The molecular formula is C19H32N2. The van der Waals surface area contributed by atoms with Crippen molar-refractivity contribution >= 4 is 5.69 Å². The van der Waals surface area contributed by atoms with E-state index in [1.165, 1.54) is 44.1 Å². The van der Waals surface area contributed by atoms with Gasteiger partial charge in [-0.25, -0.2) is 0 Å². The summed E-state index contributed by atoms with van der Waals surface area (Å²) in [6.07, 6.45) is 7.96. The van der Waals surface area contributed by atoms with Crippen molar-refractivity contribution in [2.75, 3.05) is 18.8 Å². The number of nitrogens with two attached hydrogens (primary N) is 1. The lowest BCUT2D eigenvalue weighted by atomic mass is 9.86. The van der Waals surface area contributed by atoms with Crippen LogP contribution in [0.5, 0.6) is 0 Å². The highest BCUT2D eigenvalue weighted by molar-refractivity contribution is 5.43. The molecule has 21 heavy (non-hydrogen) atoms.